The summed E-state index contributed by atoms with van der Waals surface area (Å²) in [4.78, 5) is 22.2. The average Bonchev–Trinajstić information content (AvgIpc) is 2.22. The van der Waals surface area contributed by atoms with Crippen LogP contribution < -0.4 is 5.32 Å². The van der Waals surface area contributed by atoms with Crippen LogP contribution in [0.25, 0.3) is 0 Å². The molecule has 1 atom stereocenters. The lowest BCUT2D eigenvalue weighted by Crippen LogP contribution is -2.42. The van der Waals surface area contributed by atoms with Crippen molar-refractivity contribution in [2.45, 2.75) is 18.9 Å². The zero-order chi connectivity index (χ0) is 14.6. The lowest BCUT2D eigenvalue weighted by Gasteiger charge is -2.21. The van der Waals surface area contributed by atoms with E-state index in [0.29, 0.717) is 4.47 Å². The molecule has 1 aromatic rings. The molecule has 1 aromatic carbocycles. The van der Waals surface area contributed by atoms with Gasteiger partial charge in [0, 0.05) is 16.6 Å². The van der Waals surface area contributed by atoms with Crippen molar-refractivity contribution in [3.8, 4) is 0 Å². The molecule has 0 aromatic heterocycles. The van der Waals surface area contributed by atoms with E-state index in [1.54, 1.807) is 0 Å². The standard InChI is InChI=1S/C12H13BrFNO4/c1-12(19,5-10(16)17)6-15-11(18)7-2-8(13)4-9(14)3-7/h2-4,19H,5-6H2,1H3,(H,15,18)(H,16,17). The summed E-state index contributed by atoms with van der Waals surface area (Å²) in [5, 5.41) is 20.6. The number of rotatable bonds is 5. The molecule has 5 nitrogen and oxygen atoms in total. The number of hydrogen-bond donors (Lipinski definition) is 3. The minimum Gasteiger partial charge on any atom is -0.481 e. The largest absolute Gasteiger partial charge is 0.481 e. The molecule has 0 fully saturated rings. The molecule has 0 radical (unpaired) electrons. The van der Waals surface area contributed by atoms with Gasteiger partial charge in [0.2, 0.25) is 0 Å². The molecule has 0 saturated heterocycles. The summed E-state index contributed by atoms with van der Waals surface area (Å²) >= 11 is 3.06. The van der Waals surface area contributed by atoms with Crippen molar-refractivity contribution in [3.63, 3.8) is 0 Å². The van der Waals surface area contributed by atoms with Crippen LogP contribution in [0.15, 0.2) is 22.7 Å². The summed E-state index contributed by atoms with van der Waals surface area (Å²) in [6, 6.07) is 3.67. The maximum atomic E-state index is 13.1. The molecule has 0 bridgehead atoms. The summed E-state index contributed by atoms with van der Waals surface area (Å²) < 4.78 is 13.5. The number of halogens is 2. The van der Waals surface area contributed by atoms with E-state index in [2.05, 4.69) is 21.2 Å². The van der Waals surface area contributed by atoms with Crippen molar-refractivity contribution in [2.24, 2.45) is 0 Å². The minimum atomic E-state index is -1.56. The van der Waals surface area contributed by atoms with Crippen LogP contribution in [0.3, 0.4) is 0 Å². The van der Waals surface area contributed by atoms with Gasteiger partial charge in [-0.3, -0.25) is 9.59 Å². The van der Waals surface area contributed by atoms with Gasteiger partial charge in [0.25, 0.3) is 5.91 Å². The van der Waals surface area contributed by atoms with Crippen molar-refractivity contribution < 1.29 is 24.2 Å². The molecule has 3 N–H and O–H groups in total. The molecule has 7 heteroatoms. The van der Waals surface area contributed by atoms with Crippen LogP contribution in [0.5, 0.6) is 0 Å². The summed E-state index contributed by atoms with van der Waals surface area (Å²) in [5.74, 6) is -2.34. The van der Waals surface area contributed by atoms with E-state index >= 15 is 0 Å². The van der Waals surface area contributed by atoms with Gasteiger partial charge < -0.3 is 15.5 Å². The lowest BCUT2D eigenvalue weighted by molar-refractivity contribution is -0.141. The molecular formula is C12H13BrFNO4. The Kier molecular flexibility index (Phi) is 5.02. The fourth-order valence-electron chi connectivity index (χ4n) is 1.45. The van der Waals surface area contributed by atoms with Crippen LogP contribution >= 0.6 is 15.9 Å². The molecule has 0 aliphatic heterocycles. The van der Waals surface area contributed by atoms with Crippen molar-refractivity contribution in [3.05, 3.63) is 34.1 Å². The second-order valence-corrected chi connectivity index (χ2v) is 5.32. The monoisotopic (exact) mass is 333 g/mol. The van der Waals surface area contributed by atoms with Crippen molar-refractivity contribution in [1.29, 1.82) is 0 Å². The predicted molar refractivity (Wildman–Crippen MR) is 69.3 cm³/mol. The third kappa shape index (κ3) is 5.35. The molecule has 0 saturated carbocycles. The van der Waals surface area contributed by atoms with Gasteiger partial charge in [-0.05, 0) is 25.1 Å². The molecule has 0 heterocycles. The SMILES string of the molecule is CC(O)(CNC(=O)c1cc(F)cc(Br)c1)CC(=O)O. The number of aliphatic hydroxyl groups is 1. The van der Waals surface area contributed by atoms with Crippen LogP contribution in [0, 0.1) is 5.82 Å². The molecule has 0 aliphatic rings. The Hall–Kier alpha value is -1.47. The Balaban J connectivity index is 2.67. The van der Waals surface area contributed by atoms with Gasteiger partial charge in [-0.25, -0.2) is 4.39 Å². The van der Waals surface area contributed by atoms with E-state index in [0.717, 1.165) is 6.07 Å². The zero-order valence-corrected chi connectivity index (χ0v) is 11.7. The third-order valence-electron chi connectivity index (χ3n) is 2.29. The number of benzene rings is 1. The highest BCUT2D eigenvalue weighted by Gasteiger charge is 2.25. The first-order chi connectivity index (χ1) is 8.69. The summed E-state index contributed by atoms with van der Waals surface area (Å²) in [6.07, 6.45) is -0.500. The Morgan fingerprint density at radius 3 is 2.58 bits per heavy atom. The number of nitrogens with one attached hydrogen (secondary N) is 1. The van der Waals surface area contributed by atoms with E-state index < -0.39 is 29.7 Å². The van der Waals surface area contributed by atoms with Crippen LogP contribution in [0.1, 0.15) is 23.7 Å². The highest BCUT2D eigenvalue weighted by atomic mass is 79.9. The fraction of sp³-hybridized carbons (Fsp3) is 0.333. The van der Waals surface area contributed by atoms with E-state index in [9.17, 15) is 19.1 Å². The van der Waals surface area contributed by atoms with Crippen molar-refractivity contribution >= 4 is 27.8 Å². The van der Waals surface area contributed by atoms with Gasteiger partial charge in [-0.1, -0.05) is 15.9 Å². The number of carboxylic acid groups (broad SMARTS) is 1. The summed E-state index contributed by atoms with van der Waals surface area (Å²) in [7, 11) is 0. The smallest absolute Gasteiger partial charge is 0.306 e. The van der Waals surface area contributed by atoms with Gasteiger partial charge in [0.05, 0.1) is 12.0 Å². The maximum Gasteiger partial charge on any atom is 0.306 e. The zero-order valence-electron chi connectivity index (χ0n) is 10.1. The topological polar surface area (TPSA) is 86.6 Å². The molecule has 19 heavy (non-hydrogen) atoms. The molecule has 1 rings (SSSR count). The fourth-order valence-corrected chi connectivity index (χ4v) is 1.91. The third-order valence-corrected chi connectivity index (χ3v) is 2.74. The average molecular weight is 334 g/mol. The van der Waals surface area contributed by atoms with Crippen LogP contribution in [-0.4, -0.2) is 34.2 Å². The van der Waals surface area contributed by atoms with E-state index in [4.69, 9.17) is 5.11 Å². The summed E-state index contributed by atoms with van der Waals surface area (Å²) in [5.41, 5.74) is -1.48. The van der Waals surface area contributed by atoms with Gasteiger partial charge in [0.1, 0.15) is 5.82 Å². The molecule has 1 unspecified atom stereocenters. The Morgan fingerprint density at radius 2 is 2.05 bits per heavy atom. The van der Waals surface area contributed by atoms with E-state index in [1.165, 1.54) is 19.1 Å². The number of aliphatic carboxylic acids is 1. The van der Waals surface area contributed by atoms with Crippen LogP contribution in [0.4, 0.5) is 4.39 Å². The number of carboxylic acids is 1. The van der Waals surface area contributed by atoms with Crippen LogP contribution in [-0.2, 0) is 4.79 Å². The first-order valence-corrected chi connectivity index (χ1v) is 6.17. The van der Waals surface area contributed by atoms with Crippen molar-refractivity contribution in [2.75, 3.05) is 6.54 Å². The predicted octanol–water partition coefficient (Wildman–Crippen LogP) is 1.54. The quantitative estimate of drug-likeness (QED) is 0.762. The number of hydrogen-bond acceptors (Lipinski definition) is 3. The Morgan fingerprint density at radius 1 is 1.42 bits per heavy atom. The minimum absolute atomic E-state index is 0.0815. The van der Waals surface area contributed by atoms with Gasteiger partial charge >= 0.3 is 5.97 Å². The highest BCUT2D eigenvalue weighted by Crippen LogP contribution is 2.15. The molecule has 1 amide bonds. The van der Waals surface area contributed by atoms with Crippen molar-refractivity contribution in [1.82, 2.24) is 5.32 Å². The normalized spacial score (nSPS) is 13.7. The molecule has 104 valence electrons. The maximum absolute atomic E-state index is 13.1. The van der Waals surface area contributed by atoms with E-state index in [1.807, 2.05) is 0 Å². The first-order valence-electron chi connectivity index (χ1n) is 5.38. The second-order valence-electron chi connectivity index (χ2n) is 4.41. The first kappa shape index (κ1) is 15.6. The Bertz CT molecular complexity index is 484. The van der Waals surface area contributed by atoms with Gasteiger partial charge in [-0.15, -0.1) is 0 Å². The lowest BCUT2D eigenvalue weighted by atomic mass is 10.0. The number of carbonyl (C=O) groups is 2. The summed E-state index contributed by atoms with van der Waals surface area (Å²) in [6.45, 7) is 1.05. The molecule has 0 aliphatic carbocycles. The number of amides is 1. The van der Waals surface area contributed by atoms with Gasteiger partial charge in [0.15, 0.2) is 0 Å². The highest BCUT2D eigenvalue weighted by molar-refractivity contribution is 9.10. The molecular weight excluding hydrogens is 321 g/mol. The van der Waals surface area contributed by atoms with E-state index in [-0.39, 0.29) is 12.1 Å². The van der Waals surface area contributed by atoms with Gasteiger partial charge in [-0.2, -0.15) is 0 Å². The second kappa shape index (κ2) is 6.12. The Labute approximate surface area is 117 Å². The molecule has 0 spiro atoms. The number of carbonyl (C=O) groups excluding carboxylic acids is 1. The van der Waals surface area contributed by atoms with Crippen LogP contribution in [0.2, 0.25) is 0 Å².